The summed E-state index contributed by atoms with van der Waals surface area (Å²) in [4.78, 5) is 18.1. The smallest absolute Gasteiger partial charge is 0.356 e. The van der Waals surface area contributed by atoms with E-state index in [0.717, 1.165) is 0 Å². The van der Waals surface area contributed by atoms with Crippen molar-refractivity contribution in [2.24, 2.45) is 0 Å². The molecule has 0 saturated heterocycles. The Kier molecular flexibility index (Phi) is 5.31. The number of carbonyl (C=O) groups is 1. The van der Waals surface area contributed by atoms with Gasteiger partial charge >= 0.3 is 5.97 Å². The molecule has 7 nitrogen and oxygen atoms in total. The molecular formula is C10H15N3O4. The Morgan fingerprint density at radius 1 is 1.53 bits per heavy atom. The van der Waals surface area contributed by atoms with Crippen LogP contribution in [-0.4, -0.2) is 52.5 Å². The second-order valence-electron chi connectivity index (χ2n) is 3.42. The first-order valence-electron chi connectivity index (χ1n) is 5.09. The molecule has 0 aromatic carbocycles. The van der Waals surface area contributed by atoms with E-state index < -0.39 is 12.1 Å². The number of hydrogen-bond donors (Lipinski definition) is 3. The molecule has 0 radical (unpaired) electrons. The van der Waals surface area contributed by atoms with E-state index in [-0.39, 0.29) is 12.3 Å². The maximum Gasteiger partial charge on any atom is 0.356 e. The molecule has 94 valence electrons. The zero-order valence-corrected chi connectivity index (χ0v) is 9.46. The van der Waals surface area contributed by atoms with Gasteiger partial charge < -0.3 is 20.3 Å². The van der Waals surface area contributed by atoms with Crippen molar-refractivity contribution in [3.63, 3.8) is 0 Å². The highest BCUT2D eigenvalue weighted by molar-refractivity contribution is 5.84. The molecular weight excluding hydrogens is 226 g/mol. The predicted molar refractivity (Wildman–Crippen MR) is 60.0 cm³/mol. The van der Waals surface area contributed by atoms with Crippen LogP contribution in [0.25, 0.3) is 0 Å². The highest BCUT2D eigenvalue weighted by Gasteiger charge is 2.05. The number of rotatable bonds is 7. The number of aromatic nitrogens is 2. The molecule has 0 aliphatic carbocycles. The highest BCUT2D eigenvalue weighted by atomic mass is 16.5. The fourth-order valence-electron chi connectivity index (χ4n) is 1.17. The van der Waals surface area contributed by atoms with Crippen molar-refractivity contribution < 1.29 is 19.7 Å². The van der Waals surface area contributed by atoms with Crippen molar-refractivity contribution >= 4 is 11.8 Å². The Labute approximate surface area is 98.5 Å². The lowest BCUT2D eigenvalue weighted by Gasteiger charge is -2.10. The molecule has 7 heteroatoms. The Morgan fingerprint density at radius 2 is 2.29 bits per heavy atom. The number of anilines is 1. The second kappa shape index (κ2) is 6.77. The van der Waals surface area contributed by atoms with Crippen molar-refractivity contribution in [2.75, 3.05) is 25.6 Å². The van der Waals surface area contributed by atoms with Crippen LogP contribution in [0.3, 0.4) is 0 Å². The number of aliphatic hydroxyl groups excluding tert-OH is 1. The summed E-state index contributed by atoms with van der Waals surface area (Å²) in [5, 5.41) is 20.9. The van der Waals surface area contributed by atoms with Crippen molar-refractivity contribution in [1.29, 1.82) is 0 Å². The summed E-state index contributed by atoms with van der Waals surface area (Å²) < 4.78 is 4.78. The molecule has 0 aliphatic rings. The van der Waals surface area contributed by atoms with Gasteiger partial charge in [-0.25, -0.2) is 14.8 Å². The third-order valence-electron chi connectivity index (χ3n) is 2.01. The Morgan fingerprint density at radius 3 is 2.82 bits per heavy atom. The molecule has 0 aliphatic heterocycles. The predicted octanol–water partition coefficient (Wildman–Crippen LogP) is -0.0159. The number of carboxylic acids is 1. The van der Waals surface area contributed by atoms with Crippen LogP contribution in [-0.2, 0) is 4.74 Å². The lowest BCUT2D eigenvalue weighted by molar-refractivity contribution is 0.0615. The summed E-state index contributed by atoms with van der Waals surface area (Å²) in [5.74, 6) is -0.640. The Balaban J connectivity index is 2.34. The quantitative estimate of drug-likeness (QED) is 0.616. The van der Waals surface area contributed by atoms with E-state index >= 15 is 0 Å². The molecule has 17 heavy (non-hydrogen) atoms. The summed E-state index contributed by atoms with van der Waals surface area (Å²) in [6, 6.07) is 0. The SMILES string of the molecule is COCC(O)CCNc1cnc(C(=O)O)cn1. The number of methoxy groups -OCH3 is 1. The Hall–Kier alpha value is -1.73. The molecule has 1 heterocycles. The van der Waals surface area contributed by atoms with Gasteiger partial charge in [-0.2, -0.15) is 0 Å². The van der Waals surface area contributed by atoms with E-state index in [0.29, 0.717) is 18.8 Å². The number of aromatic carboxylic acids is 1. The van der Waals surface area contributed by atoms with E-state index in [4.69, 9.17) is 9.84 Å². The zero-order valence-electron chi connectivity index (χ0n) is 9.46. The van der Waals surface area contributed by atoms with E-state index in [2.05, 4.69) is 15.3 Å². The molecule has 0 amide bonds. The molecule has 0 bridgehead atoms. The van der Waals surface area contributed by atoms with Gasteiger partial charge in [0.2, 0.25) is 0 Å². The minimum absolute atomic E-state index is 0.102. The molecule has 1 atom stereocenters. The van der Waals surface area contributed by atoms with Crippen LogP contribution in [0.15, 0.2) is 12.4 Å². The van der Waals surface area contributed by atoms with Gasteiger partial charge in [-0.1, -0.05) is 0 Å². The molecule has 1 unspecified atom stereocenters. The standard InChI is InChI=1S/C10H15N3O4/c1-17-6-7(14)2-3-11-9-5-12-8(4-13-9)10(15)16/h4-5,7,14H,2-3,6H2,1H3,(H,11,13)(H,15,16). The van der Waals surface area contributed by atoms with E-state index in [1.54, 1.807) is 0 Å². The minimum Gasteiger partial charge on any atom is -0.476 e. The van der Waals surface area contributed by atoms with Crippen LogP contribution in [0.4, 0.5) is 5.82 Å². The van der Waals surface area contributed by atoms with Gasteiger partial charge in [-0.3, -0.25) is 0 Å². The van der Waals surface area contributed by atoms with Crippen molar-refractivity contribution in [2.45, 2.75) is 12.5 Å². The highest BCUT2D eigenvalue weighted by Crippen LogP contribution is 2.02. The average molecular weight is 241 g/mol. The van der Waals surface area contributed by atoms with Gasteiger partial charge in [0.1, 0.15) is 5.82 Å². The first kappa shape index (κ1) is 13.3. The minimum atomic E-state index is -1.11. The molecule has 3 N–H and O–H groups in total. The summed E-state index contributed by atoms with van der Waals surface area (Å²) in [5.41, 5.74) is -0.102. The van der Waals surface area contributed by atoms with Gasteiger partial charge in [0.25, 0.3) is 0 Å². The third-order valence-corrected chi connectivity index (χ3v) is 2.01. The van der Waals surface area contributed by atoms with Gasteiger partial charge in [0.05, 0.1) is 25.1 Å². The molecule has 0 spiro atoms. The molecule has 0 saturated carbocycles. The van der Waals surface area contributed by atoms with Crippen LogP contribution in [0, 0.1) is 0 Å². The topological polar surface area (TPSA) is 105 Å². The van der Waals surface area contributed by atoms with Crippen molar-refractivity contribution in [1.82, 2.24) is 9.97 Å². The van der Waals surface area contributed by atoms with Crippen LogP contribution in [0.1, 0.15) is 16.9 Å². The number of nitrogens with zero attached hydrogens (tertiary/aromatic N) is 2. The molecule has 0 fully saturated rings. The summed E-state index contributed by atoms with van der Waals surface area (Å²) in [7, 11) is 1.52. The van der Waals surface area contributed by atoms with Gasteiger partial charge in [0.15, 0.2) is 5.69 Å². The molecule has 1 rings (SSSR count). The van der Waals surface area contributed by atoms with Crippen LogP contribution < -0.4 is 5.32 Å². The average Bonchev–Trinajstić information content (AvgIpc) is 2.30. The summed E-state index contributed by atoms with van der Waals surface area (Å²) >= 11 is 0. The van der Waals surface area contributed by atoms with Gasteiger partial charge in [0, 0.05) is 13.7 Å². The van der Waals surface area contributed by atoms with Crippen molar-refractivity contribution in [3.8, 4) is 0 Å². The first-order chi connectivity index (χ1) is 8.13. The number of carboxylic acid groups (broad SMARTS) is 1. The fraction of sp³-hybridized carbons (Fsp3) is 0.500. The maximum absolute atomic E-state index is 10.5. The number of aliphatic hydroxyl groups is 1. The lowest BCUT2D eigenvalue weighted by Crippen LogP contribution is -2.18. The largest absolute Gasteiger partial charge is 0.476 e. The van der Waals surface area contributed by atoms with E-state index in [9.17, 15) is 9.90 Å². The fourth-order valence-corrected chi connectivity index (χ4v) is 1.17. The normalized spacial score (nSPS) is 12.1. The van der Waals surface area contributed by atoms with E-state index in [1.165, 1.54) is 19.5 Å². The van der Waals surface area contributed by atoms with Crippen molar-refractivity contribution in [3.05, 3.63) is 18.1 Å². The van der Waals surface area contributed by atoms with Gasteiger partial charge in [-0.15, -0.1) is 0 Å². The van der Waals surface area contributed by atoms with Crippen LogP contribution in [0.2, 0.25) is 0 Å². The van der Waals surface area contributed by atoms with E-state index in [1.807, 2.05) is 0 Å². The molecule has 1 aromatic rings. The van der Waals surface area contributed by atoms with Gasteiger partial charge in [-0.05, 0) is 6.42 Å². The Bertz CT molecular complexity index is 355. The summed E-state index contributed by atoms with van der Waals surface area (Å²) in [6.07, 6.45) is 2.50. The number of nitrogens with one attached hydrogen (secondary N) is 1. The molecule has 1 aromatic heterocycles. The second-order valence-corrected chi connectivity index (χ2v) is 3.42. The summed E-state index contributed by atoms with van der Waals surface area (Å²) in [6.45, 7) is 0.789. The lowest BCUT2D eigenvalue weighted by atomic mass is 10.2. The van der Waals surface area contributed by atoms with Crippen LogP contribution >= 0.6 is 0 Å². The number of ether oxygens (including phenoxy) is 1. The number of hydrogen-bond acceptors (Lipinski definition) is 6. The van der Waals surface area contributed by atoms with Crippen LogP contribution in [0.5, 0.6) is 0 Å². The maximum atomic E-state index is 10.5. The monoisotopic (exact) mass is 241 g/mol. The zero-order chi connectivity index (χ0) is 12.7. The first-order valence-corrected chi connectivity index (χ1v) is 5.09. The third kappa shape index (κ3) is 4.75.